The van der Waals surface area contributed by atoms with Gasteiger partial charge in [0.25, 0.3) is 6.47 Å². The number of thioether (sulfide) groups is 1. The van der Waals surface area contributed by atoms with Gasteiger partial charge >= 0.3 is 5.69 Å². The molecule has 1 aromatic rings. The van der Waals surface area contributed by atoms with Crippen LogP contribution in [0.25, 0.3) is 0 Å². The fourth-order valence-electron chi connectivity index (χ4n) is 2.03. The lowest BCUT2D eigenvalue weighted by atomic mass is 10.3. The molecular formula is C21H39N3O3S2. The van der Waals surface area contributed by atoms with Gasteiger partial charge in [-0.2, -0.15) is 0 Å². The minimum absolute atomic E-state index is 0.0919. The maximum Gasteiger partial charge on any atom is 0.328 e. The number of nitrogens with one attached hydrogen (secondary N) is 1. The van der Waals surface area contributed by atoms with Crippen molar-refractivity contribution in [2.45, 2.75) is 67.2 Å². The quantitative estimate of drug-likeness (QED) is 0.289. The van der Waals surface area contributed by atoms with E-state index in [1.807, 2.05) is 32.5 Å². The maximum absolute atomic E-state index is 12.0. The van der Waals surface area contributed by atoms with E-state index < -0.39 is 0 Å². The summed E-state index contributed by atoms with van der Waals surface area (Å²) >= 11 is 7.27. The summed E-state index contributed by atoms with van der Waals surface area (Å²) in [5, 5.41) is 4.59. The Bertz CT molecular complexity index is 725. The zero-order valence-electron chi connectivity index (χ0n) is 19.3. The topological polar surface area (TPSA) is 65.3 Å². The van der Waals surface area contributed by atoms with Crippen molar-refractivity contribution >= 4 is 36.1 Å². The van der Waals surface area contributed by atoms with E-state index in [-0.39, 0.29) is 5.69 Å². The van der Waals surface area contributed by atoms with Gasteiger partial charge in [-0.05, 0) is 32.4 Å². The van der Waals surface area contributed by atoms with E-state index in [4.69, 9.17) is 12.2 Å². The van der Waals surface area contributed by atoms with E-state index >= 15 is 0 Å². The van der Waals surface area contributed by atoms with Gasteiger partial charge < -0.3 is 10.1 Å². The van der Waals surface area contributed by atoms with Crippen LogP contribution in [0.4, 0.5) is 5.69 Å². The monoisotopic (exact) mass is 445 g/mol. The Morgan fingerprint density at radius 3 is 2.24 bits per heavy atom. The smallest absolute Gasteiger partial charge is 0.328 e. The minimum atomic E-state index is -0.0919. The van der Waals surface area contributed by atoms with Crippen LogP contribution in [0.1, 0.15) is 66.0 Å². The Morgan fingerprint density at radius 1 is 1.17 bits per heavy atom. The summed E-state index contributed by atoms with van der Waals surface area (Å²) in [5.41, 5.74) is 1.63. The van der Waals surface area contributed by atoms with E-state index in [0.717, 1.165) is 35.0 Å². The molecule has 0 aliphatic carbocycles. The Hall–Kier alpha value is -1.54. The minimum Gasteiger partial charge on any atom is -0.468 e. The number of unbranched alkanes of at least 4 members (excludes halogenated alkanes) is 2. The molecule has 1 heterocycles. The van der Waals surface area contributed by atoms with Crippen LogP contribution >= 0.6 is 24.0 Å². The van der Waals surface area contributed by atoms with Crippen LogP contribution in [0.15, 0.2) is 15.9 Å². The summed E-state index contributed by atoms with van der Waals surface area (Å²) in [6.45, 7) is 13.0. The molecule has 168 valence electrons. The Balaban J connectivity index is 0. The van der Waals surface area contributed by atoms with E-state index in [0.29, 0.717) is 17.7 Å². The molecule has 0 aliphatic rings. The Morgan fingerprint density at radius 2 is 1.79 bits per heavy atom. The third-order valence-electron chi connectivity index (χ3n) is 3.81. The first-order valence-corrected chi connectivity index (χ1v) is 11.7. The van der Waals surface area contributed by atoms with E-state index in [1.165, 1.54) is 17.4 Å². The second-order valence-electron chi connectivity index (χ2n) is 5.90. The van der Waals surface area contributed by atoms with Crippen LogP contribution in [0.5, 0.6) is 0 Å². The van der Waals surface area contributed by atoms with E-state index in [1.54, 1.807) is 25.6 Å². The number of aromatic nitrogens is 2. The molecule has 0 unspecified atom stereocenters. The van der Waals surface area contributed by atoms with Crippen molar-refractivity contribution in [2.24, 2.45) is 14.1 Å². The average Bonchev–Trinajstić information content (AvgIpc) is 2.74. The molecule has 29 heavy (non-hydrogen) atoms. The van der Waals surface area contributed by atoms with Gasteiger partial charge in [-0.3, -0.25) is 13.9 Å². The van der Waals surface area contributed by atoms with Gasteiger partial charge in [0.05, 0.1) is 17.3 Å². The predicted molar refractivity (Wildman–Crippen MR) is 129 cm³/mol. The zero-order valence-corrected chi connectivity index (χ0v) is 21.0. The van der Waals surface area contributed by atoms with Crippen molar-refractivity contribution in [2.75, 3.05) is 17.7 Å². The summed E-state index contributed by atoms with van der Waals surface area (Å²) in [5.74, 6) is 1.09. The molecule has 0 fully saturated rings. The van der Waals surface area contributed by atoms with Gasteiger partial charge in [-0.1, -0.05) is 58.8 Å². The van der Waals surface area contributed by atoms with Gasteiger partial charge in [0.2, 0.25) is 0 Å². The SMILES string of the molecule is CC.CCC/C=C(/Nc1c(C)n(C)c(=O)n(C)c1=S)SCCCC.CCOC=O. The maximum atomic E-state index is 12.0. The van der Waals surface area contributed by atoms with Gasteiger partial charge in [0.1, 0.15) is 4.64 Å². The standard InChI is InChI=1S/C16H27N3OS2.C3H6O2.C2H6/c1-6-8-10-13(22-11-9-7-2)17-14-12(3)18(4)16(20)19(5)15(14)21;1-2-5-3-4;1-2/h10,17H,6-9,11H2,1-5H3;3H,2H2,1H3;1-2H3/b13-10-;;. The largest absolute Gasteiger partial charge is 0.468 e. The lowest BCUT2D eigenvalue weighted by Gasteiger charge is -2.17. The first-order valence-electron chi connectivity index (χ1n) is 10.3. The summed E-state index contributed by atoms with van der Waals surface area (Å²) < 4.78 is 7.85. The van der Waals surface area contributed by atoms with Crippen molar-refractivity contribution in [3.8, 4) is 0 Å². The van der Waals surface area contributed by atoms with Gasteiger partial charge in [-0.15, -0.1) is 11.8 Å². The highest BCUT2D eigenvalue weighted by atomic mass is 32.2. The molecule has 0 amide bonds. The molecule has 1 aromatic heterocycles. The van der Waals surface area contributed by atoms with Crippen molar-refractivity contribution in [3.05, 3.63) is 31.9 Å². The third-order valence-corrected chi connectivity index (χ3v) is 5.36. The van der Waals surface area contributed by atoms with Crippen LogP contribution in [0.3, 0.4) is 0 Å². The molecule has 1 rings (SSSR count). The van der Waals surface area contributed by atoms with Crippen molar-refractivity contribution in [3.63, 3.8) is 0 Å². The molecule has 0 spiro atoms. The number of ether oxygens (including phenoxy) is 1. The molecule has 6 nitrogen and oxygen atoms in total. The van der Waals surface area contributed by atoms with Gasteiger partial charge in [0, 0.05) is 19.8 Å². The van der Waals surface area contributed by atoms with Crippen molar-refractivity contribution in [1.82, 2.24) is 9.13 Å². The van der Waals surface area contributed by atoms with Crippen LogP contribution in [-0.2, 0) is 23.6 Å². The van der Waals surface area contributed by atoms with E-state index in [2.05, 4.69) is 30.0 Å². The number of allylic oxidation sites excluding steroid dienone is 1. The molecule has 0 atom stereocenters. The van der Waals surface area contributed by atoms with Gasteiger partial charge in [-0.25, -0.2) is 4.79 Å². The van der Waals surface area contributed by atoms with Crippen LogP contribution in [0, 0.1) is 11.6 Å². The number of hydrogen-bond donors (Lipinski definition) is 1. The Labute approximate surface area is 185 Å². The molecule has 0 aliphatic heterocycles. The Kier molecular flexibility index (Phi) is 18.9. The molecule has 0 bridgehead atoms. The van der Waals surface area contributed by atoms with Crippen LogP contribution in [0.2, 0.25) is 0 Å². The summed E-state index contributed by atoms with van der Waals surface area (Å²) in [4.78, 5) is 21.2. The molecule has 0 saturated heterocycles. The zero-order chi connectivity index (χ0) is 22.8. The number of carbonyl (C=O) groups excluding carboxylic acids is 1. The molecular weight excluding hydrogens is 406 g/mol. The number of hydrogen-bond acceptors (Lipinski definition) is 6. The van der Waals surface area contributed by atoms with Gasteiger partial charge in [0.15, 0.2) is 0 Å². The number of anilines is 1. The van der Waals surface area contributed by atoms with Crippen molar-refractivity contribution in [1.29, 1.82) is 0 Å². The number of rotatable bonds is 10. The second-order valence-corrected chi connectivity index (χ2v) is 7.43. The number of nitrogens with zero attached hydrogens (tertiary/aromatic N) is 2. The lowest BCUT2D eigenvalue weighted by Crippen LogP contribution is -2.30. The fraction of sp³-hybridized carbons (Fsp3) is 0.667. The normalized spacial score (nSPS) is 10.3. The summed E-state index contributed by atoms with van der Waals surface area (Å²) in [6, 6.07) is 0. The highest BCUT2D eigenvalue weighted by Crippen LogP contribution is 2.24. The first-order chi connectivity index (χ1) is 13.8. The highest BCUT2D eigenvalue weighted by Gasteiger charge is 2.11. The number of carbonyl (C=O) groups is 1. The van der Waals surface area contributed by atoms with Crippen LogP contribution in [-0.4, -0.2) is 28.0 Å². The summed E-state index contributed by atoms with van der Waals surface area (Å²) in [7, 11) is 3.49. The fourth-order valence-corrected chi connectivity index (χ4v) is 3.37. The highest BCUT2D eigenvalue weighted by molar-refractivity contribution is 8.03. The average molecular weight is 446 g/mol. The molecule has 1 N–H and O–H groups in total. The van der Waals surface area contributed by atoms with Crippen molar-refractivity contribution < 1.29 is 9.53 Å². The molecule has 0 radical (unpaired) electrons. The molecule has 0 saturated carbocycles. The van der Waals surface area contributed by atoms with Crippen LogP contribution < -0.4 is 11.0 Å². The molecule has 0 aromatic carbocycles. The third kappa shape index (κ3) is 11.3. The summed E-state index contributed by atoms with van der Waals surface area (Å²) in [6.07, 6.45) is 6.75. The van der Waals surface area contributed by atoms with E-state index in [9.17, 15) is 9.59 Å². The molecule has 8 heteroatoms. The second kappa shape index (κ2) is 18.5. The first kappa shape index (κ1) is 29.7. The predicted octanol–water partition coefficient (Wildman–Crippen LogP) is 5.55. The lowest BCUT2D eigenvalue weighted by molar-refractivity contribution is -0.128.